The fraction of sp³-hybridized carbons (Fsp3) is 0.625. The molecule has 1 aliphatic heterocycles. The van der Waals surface area contributed by atoms with Gasteiger partial charge < -0.3 is 4.74 Å². The summed E-state index contributed by atoms with van der Waals surface area (Å²) in [6.07, 6.45) is 4.24. The van der Waals surface area contributed by atoms with E-state index in [2.05, 4.69) is 18.5 Å². The molecule has 1 rings (SSSR count). The van der Waals surface area contributed by atoms with Crippen LogP contribution < -0.4 is 0 Å². The van der Waals surface area contributed by atoms with Crippen molar-refractivity contribution in [2.45, 2.75) is 25.9 Å². The Morgan fingerprint density at radius 1 is 1.90 bits per heavy atom. The van der Waals surface area contributed by atoms with Gasteiger partial charge in [-0.15, -0.1) is 0 Å². The van der Waals surface area contributed by atoms with E-state index in [0.29, 0.717) is 12.0 Å². The molecule has 0 spiro atoms. The van der Waals surface area contributed by atoms with Gasteiger partial charge in [-0.2, -0.15) is 0 Å². The van der Waals surface area contributed by atoms with Crippen LogP contribution in [0.2, 0.25) is 0 Å². The fourth-order valence-corrected chi connectivity index (χ4v) is 1.02. The monoisotopic (exact) mass is 139 g/mol. The summed E-state index contributed by atoms with van der Waals surface area (Å²) in [6, 6.07) is 0. The largest absolute Gasteiger partial charge is 0.473 e. The summed E-state index contributed by atoms with van der Waals surface area (Å²) in [5.41, 5.74) is 0. The third kappa shape index (κ3) is 1.59. The third-order valence-corrected chi connectivity index (χ3v) is 1.52. The van der Waals surface area contributed by atoms with E-state index in [-0.39, 0.29) is 0 Å². The summed E-state index contributed by atoms with van der Waals surface area (Å²) in [6.45, 7) is 6.54. The first-order valence-corrected chi connectivity index (χ1v) is 3.70. The fourth-order valence-electron chi connectivity index (χ4n) is 1.02. The van der Waals surface area contributed by atoms with Crippen molar-refractivity contribution < 1.29 is 4.74 Å². The highest BCUT2D eigenvalue weighted by molar-refractivity contribution is 5.88. The van der Waals surface area contributed by atoms with Crippen LogP contribution in [-0.2, 0) is 4.74 Å². The van der Waals surface area contributed by atoms with Gasteiger partial charge in [0.2, 0.25) is 5.90 Å². The topological polar surface area (TPSA) is 21.6 Å². The number of rotatable bonds is 3. The van der Waals surface area contributed by atoms with Crippen LogP contribution in [0.4, 0.5) is 0 Å². The molecule has 10 heavy (non-hydrogen) atoms. The third-order valence-electron chi connectivity index (χ3n) is 1.52. The zero-order chi connectivity index (χ0) is 7.40. The molecule has 0 aromatic carbocycles. The van der Waals surface area contributed by atoms with Crippen LogP contribution in [0.1, 0.15) is 19.8 Å². The SMILES string of the molecule is C=CC1=NCC(CCC)O1. The van der Waals surface area contributed by atoms with Gasteiger partial charge >= 0.3 is 0 Å². The second kappa shape index (κ2) is 3.40. The quantitative estimate of drug-likeness (QED) is 0.584. The van der Waals surface area contributed by atoms with Gasteiger partial charge in [-0.1, -0.05) is 19.9 Å². The number of hydrogen-bond acceptors (Lipinski definition) is 2. The van der Waals surface area contributed by atoms with E-state index in [1.807, 2.05) is 0 Å². The van der Waals surface area contributed by atoms with Gasteiger partial charge in [0.05, 0.1) is 6.54 Å². The number of ether oxygens (including phenoxy) is 1. The lowest BCUT2D eigenvalue weighted by Crippen LogP contribution is -2.11. The molecule has 0 N–H and O–H groups in total. The van der Waals surface area contributed by atoms with E-state index in [0.717, 1.165) is 19.4 Å². The summed E-state index contributed by atoms with van der Waals surface area (Å²) in [5.74, 6) is 0.707. The first-order valence-electron chi connectivity index (χ1n) is 3.70. The Morgan fingerprint density at radius 2 is 2.70 bits per heavy atom. The van der Waals surface area contributed by atoms with Crippen LogP contribution in [0, 0.1) is 0 Å². The molecule has 0 saturated carbocycles. The maximum Gasteiger partial charge on any atom is 0.208 e. The average molecular weight is 139 g/mol. The van der Waals surface area contributed by atoms with Crippen molar-refractivity contribution in [3.8, 4) is 0 Å². The standard InChI is InChI=1S/C8H13NO/c1-3-5-7-6-9-8(4-2)10-7/h4,7H,2-3,5-6H2,1H3. The highest BCUT2D eigenvalue weighted by Crippen LogP contribution is 2.10. The van der Waals surface area contributed by atoms with E-state index >= 15 is 0 Å². The Morgan fingerprint density at radius 3 is 3.20 bits per heavy atom. The van der Waals surface area contributed by atoms with Crippen molar-refractivity contribution in [1.29, 1.82) is 0 Å². The molecule has 0 aromatic rings. The molecule has 1 atom stereocenters. The lowest BCUT2D eigenvalue weighted by molar-refractivity contribution is 0.213. The van der Waals surface area contributed by atoms with Gasteiger partial charge in [-0.25, -0.2) is 4.99 Å². The molecule has 0 amide bonds. The molecular weight excluding hydrogens is 126 g/mol. The molecular formula is C8H13NO. The second-order valence-corrected chi connectivity index (χ2v) is 2.41. The van der Waals surface area contributed by atoms with Crippen molar-refractivity contribution >= 4 is 5.90 Å². The number of aliphatic imine (C=N–C) groups is 1. The molecule has 1 aliphatic rings. The molecule has 2 heteroatoms. The molecule has 0 saturated heterocycles. The zero-order valence-corrected chi connectivity index (χ0v) is 6.34. The van der Waals surface area contributed by atoms with Crippen molar-refractivity contribution in [2.24, 2.45) is 4.99 Å². The summed E-state index contributed by atoms with van der Waals surface area (Å²) < 4.78 is 5.38. The Hall–Kier alpha value is -0.790. The Labute approximate surface area is 61.6 Å². The molecule has 1 heterocycles. The Balaban J connectivity index is 2.29. The van der Waals surface area contributed by atoms with Crippen LogP contribution in [0.3, 0.4) is 0 Å². The minimum absolute atomic E-state index is 0.318. The highest BCUT2D eigenvalue weighted by Gasteiger charge is 2.15. The maximum atomic E-state index is 5.38. The summed E-state index contributed by atoms with van der Waals surface area (Å²) in [7, 11) is 0. The predicted octanol–water partition coefficient (Wildman–Crippen LogP) is 1.77. The van der Waals surface area contributed by atoms with Gasteiger partial charge in [0, 0.05) is 0 Å². The molecule has 0 bridgehead atoms. The van der Waals surface area contributed by atoms with Gasteiger partial charge in [0.1, 0.15) is 6.10 Å². The minimum Gasteiger partial charge on any atom is -0.473 e. The van der Waals surface area contributed by atoms with E-state index in [4.69, 9.17) is 4.74 Å². The van der Waals surface area contributed by atoms with E-state index in [1.165, 1.54) is 0 Å². The second-order valence-electron chi connectivity index (χ2n) is 2.41. The van der Waals surface area contributed by atoms with Crippen molar-refractivity contribution in [1.82, 2.24) is 0 Å². The smallest absolute Gasteiger partial charge is 0.208 e. The number of nitrogens with zero attached hydrogens (tertiary/aromatic N) is 1. The summed E-state index contributed by atoms with van der Waals surface area (Å²) >= 11 is 0. The van der Waals surface area contributed by atoms with E-state index in [1.54, 1.807) is 6.08 Å². The summed E-state index contributed by atoms with van der Waals surface area (Å²) in [5, 5.41) is 0. The van der Waals surface area contributed by atoms with Crippen LogP contribution in [0.25, 0.3) is 0 Å². The van der Waals surface area contributed by atoms with Crippen LogP contribution in [0.5, 0.6) is 0 Å². The Kier molecular flexibility index (Phi) is 2.49. The average Bonchev–Trinajstić information content (AvgIpc) is 2.37. The van der Waals surface area contributed by atoms with Crippen LogP contribution in [-0.4, -0.2) is 18.5 Å². The molecule has 2 nitrogen and oxygen atoms in total. The molecule has 0 aromatic heterocycles. The van der Waals surface area contributed by atoms with E-state index < -0.39 is 0 Å². The lowest BCUT2D eigenvalue weighted by Gasteiger charge is -2.06. The van der Waals surface area contributed by atoms with Crippen molar-refractivity contribution in [3.05, 3.63) is 12.7 Å². The predicted molar refractivity (Wildman–Crippen MR) is 42.3 cm³/mol. The van der Waals surface area contributed by atoms with Gasteiger partial charge in [0.25, 0.3) is 0 Å². The van der Waals surface area contributed by atoms with Gasteiger partial charge in [0.15, 0.2) is 0 Å². The van der Waals surface area contributed by atoms with Crippen LogP contribution >= 0.6 is 0 Å². The molecule has 0 radical (unpaired) electrons. The van der Waals surface area contributed by atoms with Gasteiger partial charge in [-0.05, 0) is 12.5 Å². The van der Waals surface area contributed by atoms with Crippen molar-refractivity contribution in [3.63, 3.8) is 0 Å². The molecule has 0 aliphatic carbocycles. The molecule has 0 fully saturated rings. The zero-order valence-electron chi connectivity index (χ0n) is 6.34. The van der Waals surface area contributed by atoms with Gasteiger partial charge in [-0.3, -0.25) is 0 Å². The highest BCUT2D eigenvalue weighted by atomic mass is 16.5. The first kappa shape index (κ1) is 7.32. The normalized spacial score (nSPS) is 23.7. The Bertz CT molecular complexity index is 151. The van der Waals surface area contributed by atoms with Crippen LogP contribution in [0.15, 0.2) is 17.6 Å². The summed E-state index contributed by atoms with van der Waals surface area (Å²) in [4.78, 5) is 4.13. The van der Waals surface area contributed by atoms with E-state index in [9.17, 15) is 0 Å². The first-order chi connectivity index (χ1) is 4.86. The molecule has 56 valence electrons. The minimum atomic E-state index is 0.318. The maximum absolute atomic E-state index is 5.38. The number of hydrogen-bond donors (Lipinski definition) is 0. The molecule has 1 unspecified atom stereocenters. The lowest BCUT2D eigenvalue weighted by atomic mass is 10.2. The van der Waals surface area contributed by atoms with Crippen molar-refractivity contribution in [2.75, 3.05) is 6.54 Å².